The topological polar surface area (TPSA) is 76.1 Å². The van der Waals surface area contributed by atoms with E-state index in [1.54, 1.807) is 56.6 Å². The summed E-state index contributed by atoms with van der Waals surface area (Å²) in [6.07, 6.45) is 8.48. The second-order valence-corrected chi connectivity index (χ2v) is 10.6. The number of allylic oxidation sites excluding steroid dienone is 4. The first-order chi connectivity index (χ1) is 17.1. The molecule has 5 rings (SSSR count). The van der Waals surface area contributed by atoms with Crippen LogP contribution in [0.5, 0.6) is 11.5 Å². The fraction of sp³-hybridized carbons (Fsp3) is 0.379. The molecule has 2 aromatic carbocycles. The molecule has 3 aliphatic rings. The molecule has 0 saturated heterocycles. The van der Waals surface area contributed by atoms with Crippen molar-refractivity contribution in [2.45, 2.75) is 31.5 Å². The van der Waals surface area contributed by atoms with E-state index in [1.807, 2.05) is 38.2 Å². The highest BCUT2D eigenvalue weighted by molar-refractivity contribution is 6.30. The highest BCUT2D eigenvalue weighted by Crippen LogP contribution is 2.68. The zero-order valence-corrected chi connectivity index (χ0v) is 21.6. The van der Waals surface area contributed by atoms with Crippen molar-refractivity contribution in [3.63, 3.8) is 0 Å². The molecule has 5 atom stereocenters. The van der Waals surface area contributed by atoms with Gasteiger partial charge >= 0.3 is 0 Å². The number of carbonyl (C=O) groups is 2. The summed E-state index contributed by atoms with van der Waals surface area (Å²) in [4.78, 5) is 29.5. The molecule has 6 nitrogen and oxygen atoms in total. The van der Waals surface area contributed by atoms with Crippen LogP contribution in [0.3, 0.4) is 0 Å². The Balaban J connectivity index is 1.84. The van der Waals surface area contributed by atoms with Gasteiger partial charge < -0.3 is 19.5 Å². The van der Waals surface area contributed by atoms with Gasteiger partial charge in [-0.05, 0) is 48.6 Å². The van der Waals surface area contributed by atoms with Gasteiger partial charge in [-0.2, -0.15) is 0 Å². The summed E-state index contributed by atoms with van der Waals surface area (Å²) in [6, 6.07) is 12.1. The number of halogens is 1. The number of aliphatic hydroxyl groups is 1. The van der Waals surface area contributed by atoms with Crippen molar-refractivity contribution in [3.05, 3.63) is 82.9 Å². The maximum atomic E-state index is 14.4. The van der Waals surface area contributed by atoms with E-state index in [-0.39, 0.29) is 5.91 Å². The van der Waals surface area contributed by atoms with Crippen LogP contribution in [0.4, 0.5) is 0 Å². The van der Waals surface area contributed by atoms with Crippen molar-refractivity contribution in [1.29, 1.82) is 0 Å². The zero-order chi connectivity index (χ0) is 25.9. The average Bonchev–Trinajstić information content (AvgIpc) is 3.22. The molecule has 1 unspecified atom stereocenters. The molecular formula is C29H30ClNO5. The number of nitrogens with zero attached hydrogens (tertiary/aromatic N) is 1. The highest BCUT2D eigenvalue weighted by Gasteiger charge is 2.79. The Morgan fingerprint density at radius 2 is 1.92 bits per heavy atom. The van der Waals surface area contributed by atoms with Gasteiger partial charge in [0.2, 0.25) is 5.91 Å². The first kappa shape index (κ1) is 24.6. The van der Waals surface area contributed by atoms with Crippen molar-refractivity contribution >= 4 is 23.3 Å². The number of hydrogen-bond acceptors (Lipinski definition) is 5. The Labute approximate surface area is 216 Å². The molecule has 1 aliphatic heterocycles. The summed E-state index contributed by atoms with van der Waals surface area (Å²) in [6.45, 7) is 4.36. The molecular weight excluding hydrogens is 478 g/mol. The Kier molecular flexibility index (Phi) is 5.80. The van der Waals surface area contributed by atoms with Crippen LogP contribution in [0.2, 0.25) is 5.02 Å². The number of ketones is 1. The second kappa shape index (κ2) is 8.49. The smallest absolute Gasteiger partial charge is 0.233 e. The summed E-state index contributed by atoms with van der Waals surface area (Å²) < 4.78 is 12.4. The lowest BCUT2D eigenvalue weighted by Gasteiger charge is -2.47. The second-order valence-electron chi connectivity index (χ2n) is 10.2. The minimum absolute atomic E-state index is 0.337. The molecule has 0 spiro atoms. The van der Waals surface area contributed by atoms with Crippen molar-refractivity contribution in [2.24, 2.45) is 17.3 Å². The van der Waals surface area contributed by atoms with Crippen molar-refractivity contribution in [3.8, 4) is 11.5 Å². The molecule has 188 valence electrons. The molecule has 1 fully saturated rings. The fourth-order valence-corrected chi connectivity index (χ4v) is 6.43. The zero-order valence-electron chi connectivity index (χ0n) is 20.8. The predicted molar refractivity (Wildman–Crippen MR) is 137 cm³/mol. The molecule has 7 heteroatoms. The third kappa shape index (κ3) is 3.20. The van der Waals surface area contributed by atoms with Gasteiger partial charge in [0.15, 0.2) is 17.0 Å². The van der Waals surface area contributed by atoms with Gasteiger partial charge in [-0.25, -0.2) is 0 Å². The van der Waals surface area contributed by atoms with Crippen LogP contribution in [0.15, 0.2) is 66.8 Å². The maximum Gasteiger partial charge on any atom is 0.233 e. The highest BCUT2D eigenvalue weighted by atomic mass is 35.5. The van der Waals surface area contributed by atoms with Gasteiger partial charge in [-0.1, -0.05) is 55.0 Å². The Morgan fingerprint density at radius 3 is 2.53 bits per heavy atom. The van der Waals surface area contributed by atoms with E-state index in [0.29, 0.717) is 40.7 Å². The number of carbonyl (C=O) groups excluding carboxylic acids is 2. The molecule has 1 amide bonds. The monoisotopic (exact) mass is 507 g/mol. The standard InChI is InChI=1S/C29H30ClNO5/c1-5-35-20-13-14-21-22(17-20)36-29(18-9-11-19(30)12-10-18)24(27(2)15-7-6-8-16-27)23(26(33)31(3)4)25(32)28(21,29)34/h6-15,17,23-24,34H,5,16H2,1-4H3/t23-,24+,27?,28+,29+/m1/s1. The van der Waals surface area contributed by atoms with E-state index in [0.717, 1.165) is 0 Å². The first-order valence-electron chi connectivity index (χ1n) is 12.1. The van der Waals surface area contributed by atoms with E-state index >= 15 is 0 Å². The molecule has 2 aliphatic carbocycles. The quantitative estimate of drug-likeness (QED) is 0.597. The lowest BCUT2D eigenvalue weighted by molar-refractivity contribution is -0.158. The van der Waals surface area contributed by atoms with Crippen molar-refractivity contribution < 1.29 is 24.2 Å². The van der Waals surface area contributed by atoms with Crippen molar-refractivity contribution in [2.75, 3.05) is 20.7 Å². The average molecular weight is 508 g/mol. The van der Waals surface area contributed by atoms with Gasteiger partial charge in [0, 0.05) is 36.7 Å². The Bertz CT molecular complexity index is 1290. The largest absolute Gasteiger partial charge is 0.494 e. The van der Waals surface area contributed by atoms with Gasteiger partial charge in [-0.3, -0.25) is 9.59 Å². The SMILES string of the molecule is CCOc1ccc2c(c1)O[C@@]1(c3ccc(Cl)cc3)[C@H](C3(C)C=CC=CC3)[C@@H](C(=O)N(C)C)C(=O)[C@@]21O. The number of ether oxygens (including phenoxy) is 2. The number of amides is 1. The summed E-state index contributed by atoms with van der Waals surface area (Å²) in [5.41, 5.74) is -3.41. The molecule has 0 aromatic heterocycles. The molecule has 1 N–H and O–H groups in total. The summed E-state index contributed by atoms with van der Waals surface area (Å²) >= 11 is 6.23. The van der Waals surface area contributed by atoms with Crippen LogP contribution in [-0.2, 0) is 20.8 Å². The van der Waals surface area contributed by atoms with Crippen LogP contribution >= 0.6 is 11.6 Å². The third-order valence-corrected chi connectivity index (χ3v) is 8.10. The van der Waals surface area contributed by atoms with Gasteiger partial charge in [-0.15, -0.1) is 0 Å². The van der Waals surface area contributed by atoms with Gasteiger partial charge in [0.25, 0.3) is 0 Å². The van der Waals surface area contributed by atoms with E-state index in [2.05, 4.69) is 0 Å². The van der Waals surface area contributed by atoms with E-state index < -0.39 is 34.2 Å². The number of fused-ring (bicyclic) bond motifs is 3. The molecule has 36 heavy (non-hydrogen) atoms. The van der Waals surface area contributed by atoms with Crippen LogP contribution < -0.4 is 9.47 Å². The van der Waals surface area contributed by atoms with E-state index in [9.17, 15) is 14.7 Å². The summed E-state index contributed by atoms with van der Waals surface area (Å²) in [5.74, 6) is -1.83. The normalized spacial score (nSPS) is 32.1. The van der Waals surface area contributed by atoms with Crippen LogP contribution in [0.1, 0.15) is 31.4 Å². The number of benzene rings is 2. The lowest BCUT2D eigenvalue weighted by atomic mass is 9.60. The lowest BCUT2D eigenvalue weighted by Crippen LogP contribution is -2.54. The van der Waals surface area contributed by atoms with E-state index in [4.69, 9.17) is 21.1 Å². The van der Waals surface area contributed by atoms with Gasteiger partial charge in [0.05, 0.1) is 6.61 Å². The van der Waals surface area contributed by atoms with Gasteiger partial charge in [0.1, 0.15) is 17.4 Å². The van der Waals surface area contributed by atoms with Crippen LogP contribution in [0.25, 0.3) is 0 Å². The number of rotatable bonds is 5. The molecule has 1 saturated carbocycles. The Hall–Kier alpha value is -3.09. The Morgan fingerprint density at radius 1 is 1.19 bits per heavy atom. The fourth-order valence-electron chi connectivity index (χ4n) is 6.30. The van der Waals surface area contributed by atoms with Crippen LogP contribution in [0, 0.1) is 17.3 Å². The number of hydrogen-bond donors (Lipinski definition) is 1. The van der Waals surface area contributed by atoms with Crippen molar-refractivity contribution in [1.82, 2.24) is 4.90 Å². The van der Waals surface area contributed by atoms with Crippen LogP contribution in [-0.4, -0.2) is 42.4 Å². The predicted octanol–water partition coefficient (Wildman–Crippen LogP) is 4.64. The minimum atomic E-state index is -2.10. The number of Topliss-reactive ketones (excluding diaryl/α,β-unsaturated/α-hetero) is 1. The maximum absolute atomic E-state index is 14.4. The molecule has 0 bridgehead atoms. The molecule has 0 radical (unpaired) electrons. The summed E-state index contributed by atoms with van der Waals surface area (Å²) in [5, 5.41) is 13.1. The summed E-state index contributed by atoms with van der Waals surface area (Å²) in [7, 11) is 3.25. The first-order valence-corrected chi connectivity index (χ1v) is 12.5. The third-order valence-electron chi connectivity index (χ3n) is 7.84. The van der Waals surface area contributed by atoms with E-state index in [1.165, 1.54) is 4.90 Å². The molecule has 2 aromatic rings. The molecule has 1 heterocycles. The minimum Gasteiger partial charge on any atom is -0.494 e.